The molecule has 0 amide bonds. The Morgan fingerprint density at radius 1 is 1.00 bits per heavy atom. The summed E-state index contributed by atoms with van der Waals surface area (Å²) in [6.07, 6.45) is 11.4. The van der Waals surface area contributed by atoms with Gasteiger partial charge in [0.2, 0.25) is 0 Å². The third-order valence-electron chi connectivity index (χ3n) is 7.38. The van der Waals surface area contributed by atoms with E-state index in [2.05, 4.69) is 13.0 Å². The van der Waals surface area contributed by atoms with Crippen LogP contribution < -0.4 is 0 Å². The molecule has 1 unspecified atom stereocenters. The summed E-state index contributed by atoms with van der Waals surface area (Å²) >= 11 is 0. The molecule has 4 aliphatic rings. The maximum atomic E-state index is 10.4. The molecule has 0 aromatic rings. The zero-order chi connectivity index (χ0) is 13.9. The minimum absolute atomic E-state index is 0.0569. The number of fused-ring (bicyclic) bond motifs is 5. The van der Waals surface area contributed by atoms with Crippen LogP contribution in [0.2, 0.25) is 0 Å². The van der Waals surface area contributed by atoms with Gasteiger partial charge in [-0.2, -0.15) is 0 Å². The molecule has 3 saturated carbocycles. The molecular weight excluding hydrogens is 248 g/mol. The van der Waals surface area contributed by atoms with Gasteiger partial charge in [-0.05, 0) is 80.5 Å². The Bertz CT molecular complexity index is 429. The molecule has 2 heteroatoms. The van der Waals surface area contributed by atoms with Crippen molar-refractivity contribution >= 4 is 0 Å². The second kappa shape index (κ2) is 4.58. The second-order valence-electron chi connectivity index (χ2n) is 8.10. The van der Waals surface area contributed by atoms with E-state index in [1.54, 1.807) is 5.57 Å². The Morgan fingerprint density at radius 3 is 2.70 bits per heavy atom. The molecule has 3 fully saturated rings. The molecule has 0 spiro atoms. The normalized spacial score (nSPS) is 54.6. The summed E-state index contributed by atoms with van der Waals surface area (Å²) in [5, 5.41) is 20.3. The predicted molar refractivity (Wildman–Crippen MR) is 79.1 cm³/mol. The minimum Gasteiger partial charge on any atom is -0.393 e. The molecule has 0 aromatic heterocycles. The van der Waals surface area contributed by atoms with Crippen molar-refractivity contribution in [3.05, 3.63) is 11.6 Å². The highest BCUT2D eigenvalue weighted by Gasteiger charge is 2.55. The van der Waals surface area contributed by atoms with Crippen LogP contribution in [-0.4, -0.2) is 22.4 Å². The van der Waals surface area contributed by atoms with Crippen molar-refractivity contribution in [2.45, 2.75) is 70.5 Å². The van der Waals surface area contributed by atoms with Crippen LogP contribution >= 0.6 is 0 Å². The summed E-state index contributed by atoms with van der Waals surface area (Å²) in [5.41, 5.74) is 1.77. The SMILES string of the molecule is C[C@]12CC[C@@H]3C4CC[C@H](O)C=C4CC[C@H]3[C@@H]1CC[C@@H]2O. The van der Waals surface area contributed by atoms with Gasteiger partial charge in [0.25, 0.3) is 0 Å². The molecule has 4 rings (SSSR count). The molecule has 20 heavy (non-hydrogen) atoms. The Kier molecular flexibility index (Phi) is 3.05. The monoisotopic (exact) mass is 276 g/mol. The maximum absolute atomic E-state index is 10.4. The number of hydrogen-bond donors (Lipinski definition) is 2. The van der Waals surface area contributed by atoms with Crippen LogP contribution in [0.4, 0.5) is 0 Å². The molecule has 2 nitrogen and oxygen atoms in total. The highest BCUT2D eigenvalue weighted by atomic mass is 16.3. The number of hydrogen-bond acceptors (Lipinski definition) is 2. The van der Waals surface area contributed by atoms with E-state index in [-0.39, 0.29) is 17.6 Å². The summed E-state index contributed by atoms with van der Waals surface area (Å²) in [5.74, 6) is 3.18. The lowest BCUT2D eigenvalue weighted by atomic mass is 9.52. The molecule has 112 valence electrons. The molecule has 0 bridgehead atoms. The van der Waals surface area contributed by atoms with Gasteiger partial charge in [-0.25, -0.2) is 0 Å². The van der Waals surface area contributed by atoms with Crippen LogP contribution in [0.25, 0.3) is 0 Å². The van der Waals surface area contributed by atoms with Gasteiger partial charge in [-0.1, -0.05) is 18.6 Å². The van der Waals surface area contributed by atoms with Gasteiger partial charge in [-0.3, -0.25) is 0 Å². The van der Waals surface area contributed by atoms with E-state index < -0.39 is 0 Å². The predicted octanol–water partition coefficient (Wildman–Crippen LogP) is 3.28. The van der Waals surface area contributed by atoms with Gasteiger partial charge in [-0.15, -0.1) is 0 Å². The van der Waals surface area contributed by atoms with E-state index in [9.17, 15) is 10.2 Å². The molecule has 0 saturated heterocycles. The number of rotatable bonds is 0. The van der Waals surface area contributed by atoms with Crippen LogP contribution in [-0.2, 0) is 0 Å². The summed E-state index contributed by atoms with van der Waals surface area (Å²) in [7, 11) is 0. The summed E-state index contributed by atoms with van der Waals surface area (Å²) in [6.45, 7) is 2.35. The van der Waals surface area contributed by atoms with Crippen molar-refractivity contribution in [1.82, 2.24) is 0 Å². The molecule has 2 N–H and O–H groups in total. The number of aliphatic hydroxyl groups is 2. The van der Waals surface area contributed by atoms with E-state index in [0.29, 0.717) is 0 Å². The van der Waals surface area contributed by atoms with Crippen LogP contribution in [0.5, 0.6) is 0 Å². The average Bonchev–Trinajstić information content (AvgIpc) is 2.74. The first kappa shape index (κ1) is 13.3. The minimum atomic E-state index is -0.181. The molecule has 0 heterocycles. The van der Waals surface area contributed by atoms with Crippen molar-refractivity contribution in [1.29, 1.82) is 0 Å². The van der Waals surface area contributed by atoms with E-state index in [4.69, 9.17) is 0 Å². The molecule has 0 radical (unpaired) electrons. The fourth-order valence-corrected chi connectivity index (χ4v) is 6.28. The van der Waals surface area contributed by atoms with Gasteiger partial charge in [0.1, 0.15) is 0 Å². The van der Waals surface area contributed by atoms with Crippen LogP contribution in [0.3, 0.4) is 0 Å². The molecule has 4 aliphatic carbocycles. The van der Waals surface area contributed by atoms with Gasteiger partial charge < -0.3 is 10.2 Å². The van der Waals surface area contributed by atoms with Crippen LogP contribution in [0.15, 0.2) is 11.6 Å². The Hall–Kier alpha value is -0.340. The highest BCUT2D eigenvalue weighted by molar-refractivity contribution is 5.20. The smallest absolute Gasteiger partial charge is 0.0723 e. The summed E-state index contributed by atoms with van der Waals surface area (Å²) in [4.78, 5) is 0. The zero-order valence-electron chi connectivity index (χ0n) is 12.6. The second-order valence-corrected chi connectivity index (χ2v) is 8.10. The van der Waals surface area contributed by atoms with Gasteiger partial charge in [0.15, 0.2) is 0 Å². The van der Waals surface area contributed by atoms with Gasteiger partial charge in [0.05, 0.1) is 12.2 Å². The van der Waals surface area contributed by atoms with Crippen molar-refractivity contribution in [2.75, 3.05) is 0 Å². The quantitative estimate of drug-likeness (QED) is 0.667. The van der Waals surface area contributed by atoms with E-state index in [0.717, 1.165) is 36.5 Å². The summed E-state index contributed by atoms with van der Waals surface area (Å²) < 4.78 is 0. The van der Waals surface area contributed by atoms with Gasteiger partial charge >= 0.3 is 0 Å². The standard InChI is InChI=1S/C18H28O2/c1-18-9-8-14-13-5-3-12(19)10-11(13)2-4-15(14)16(18)6-7-17(18)20/h10,12-17,19-20H,2-9H2,1H3/t12-,13?,14+,15+,16-,17-,18-/m0/s1. The largest absolute Gasteiger partial charge is 0.393 e. The Labute approximate surface area is 122 Å². The van der Waals surface area contributed by atoms with E-state index in [1.807, 2.05) is 0 Å². The fourth-order valence-electron chi connectivity index (χ4n) is 6.28. The Balaban J connectivity index is 1.62. The third-order valence-corrected chi connectivity index (χ3v) is 7.38. The lowest BCUT2D eigenvalue weighted by molar-refractivity contribution is -0.0548. The molecule has 0 aromatic carbocycles. The molecule has 0 aliphatic heterocycles. The van der Waals surface area contributed by atoms with Crippen molar-refractivity contribution in [3.8, 4) is 0 Å². The zero-order valence-corrected chi connectivity index (χ0v) is 12.6. The first-order chi connectivity index (χ1) is 9.59. The lowest BCUT2D eigenvalue weighted by Crippen LogP contribution is -2.47. The first-order valence-electron chi connectivity index (χ1n) is 8.66. The van der Waals surface area contributed by atoms with Crippen molar-refractivity contribution < 1.29 is 10.2 Å². The molecule has 7 atom stereocenters. The third kappa shape index (κ3) is 1.77. The number of allylic oxidation sites excluding steroid dienone is 1. The van der Waals surface area contributed by atoms with Crippen molar-refractivity contribution in [3.63, 3.8) is 0 Å². The first-order valence-corrected chi connectivity index (χ1v) is 8.66. The fraction of sp³-hybridized carbons (Fsp3) is 0.889. The highest BCUT2D eigenvalue weighted by Crippen LogP contribution is 2.61. The molecular formula is C18H28O2. The Morgan fingerprint density at radius 2 is 1.85 bits per heavy atom. The van der Waals surface area contributed by atoms with Crippen molar-refractivity contribution in [2.24, 2.45) is 29.1 Å². The lowest BCUT2D eigenvalue weighted by Gasteiger charge is -2.53. The van der Waals surface area contributed by atoms with E-state index in [1.165, 1.54) is 38.5 Å². The van der Waals surface area contributed by atoms with Crippen LogP contribution in [0.1, 0.15) is 58.3 Å². The number of aliphatic hydroxyl groups excluding tert-OH is 2. The maximum Gasteiger partial charge on any atom is 0.0723 e. The van der Waals surface area contributed by atoms with E-state index >= 15 is 0 Å². The summed E-state index contributed by atoms with van der Waals surface area (Å²) in [6, 6.07) is 0. The van der Waals surface area contributed by atoms with Crippen LogP contribution in [0, 0.1) is 29.1 Å². The average molecular weight is 276 g/mol. The van der Waals surface area contributed by atoms with Gasteiger partial charge in [0, 0.05) is 0 Å². The topological polar surface area (TPSA) is 40.5 Å².